The van der Waals surface area contributed by atoms with Crippen LogP contribution < -0.4 is 16.4 Å². The molecule has 5 nitrogen and oxygen atoms in total. The van der Waals surface area contributed by atoms with Crippen LogP contribution in [0.4, 0.5) is 11.4 Å². The first kappa shape index (κ1) is 15.9. The molecule has 1 unspecified atom stereocenters. The fraction of sp³-hybridized carbons (Fsp3) is 0.125. The van der Waals surface area contributed by atoms with Gasteiger partial charge >= 0.3 is 0 Å². The molecule has 0 heterocycles. The fourth-order valence-electron chi connectivity index (χ4n) is 1.86. The van der Waals surface area contributed by atoms with Gasteiger partial charge in [-0.25, -0.2) is 0 Å². The van der Waals surface area contributed by atoms with E-state index in [-0.39, 0.29) is 5.91 Å². The quantitative estimate of drug-likeness (QED) is 0.792. The molecule has 6 heteroatoms. The van der Waals surface area contributed by atoms with E-state index in [1.54, 1.807) is 55.5 Å². The minimum Gasteiger partial charge on any atom is -0.374 e. The minimum atomic E-state index is -0.488. The smallest absolute Gasteiger partial charge is 0.248 e. The van der Waals surface area contributed by atoms with Crippen LogP contribution in [0.1, 0.15) is 17.3 Å². The minimum absolute atomic E-state index is 0.193. The summed E-state index contributed by atoms with van der Waals surface area (Å²) >= 11 is 5.87. The molecule has 2 aromatic carbocycles. The molecule has 0 aliphatic carbocycles. The maximum absolute atomic E-state index is 12.1. The summed E-state index contributed by atoms with van der Waals surface area (Å²) in [7, 11) is 0. The van der Waals surface area contributed by atoms with Gasteiger partial charge in [-0.05, 0) is 49.4 Å². The third-order valence-corrected chi connectivity index (χ3v) is 3.27. The van der Waals surface area contributed by atoms with Crippen LogP contribution >= 0.6 is 11.6 Å². The maximum Gasteiger partial charge on any atom is 0.248 e. The van der Waals surface area contributed by atoms with Crippen LogP contribution in [0.25, 0.3) is 0 Å². The molecule has 0 aromatic heterocycles. The number of amides is 2. The summed E-state index contributed by atoms with van der Waals surface area (Å²) in [5.74, 6) is -0.681. The van der Waals surface area contributed by atoms with Crippen molar-refractivity contribution in [1.82, 2.24) is 0 Å². The summed E-state index contributed by atoms with van der Waals surface area (Å²) in [6.45, 7) is 1.74. The molecule has 4 N–H and O–H groups in total. The lowest BCUT2D eigenvalue weighted by molar-refractivity contribution is -0.116. The number of benzene rings is 2. The van der Waals surface area contributed by atoms with Gasteiger partial charge in [0.15, 0.2) is 0 Å². The van der Waals surface area contributed by atoms with Crippen molar-refractivity contribution in [3.05, 3.63) is 59.1 Å². The van der Waals surface area contributed by atoms with Crippen LogP contribution in [0.15, 0.2) is 48.5 Å². The first-order chi connectivity index (χ1) is 10.5. The van der Waals surface area contributed by atoms with Gasteiger partial charge in [0.2, 0.25) is 11.8 Å². The van der Waals surface area contributed by atoms with Gasteiger partial charge in [-0.2, -0.15) is 0 Å². The summed E-state index contributed by atoms with van der Waals surface area (Å²) in [5.41, 5.74) is 6.95. The second-order valence-corrected chi connectivity index (χ2v) is 5.24. The number of halogens is 1. The van der Waals surface area contributed by atoms with Gasteiger partial charge < -0.3 is 16.4 Å². The van der Waals surface area contributed by atoms with Crippen LogP contribution in [0.5, 0.6) is 0 Å². The van der Waals surface area contributed by atoms with E-state index in [0.29, 0.717) is 16.3 Å². The van der Waals surface area contributed by atoms with Crippen LogP contribution in [0.2, 0.25) is 5.02 Å². The molecule has 22 heavy (non-hydrogen) atoms. The molecular weight excluding hydrogens is 302 g/mol. The molecular formula is C16H16ClN3O2. The number of anilines is 2. The van der Waals surface area contributed by atoms with Gasteiger partial charge in [0.05, 0.1) is 0 Å². The van der Waals surface area contributed by atoms with Crippen molar-refractivity contribution < 1.29 is 9.59 Å². The summed E-state index contributed by atoms with van der Waals surface area (Å²) in [4.78, 5) is 23.1. The van der Waals surface area contributed by atoms with Crippen molar-refractivity contribution in [2.24, 2.45) is 5.73 Å². The molecule has 2 rings (SSSR count). The summed E-state index contributed by atoms with van der Waals surface area (Å²) in [5, 5.41) is 6.37. The molecule has 0 saturated carbocycles. The highest BCUT2D eigenvalue weighted by Crippen LogP contribution is 2.16. The largest absolute Gasteiger partial charge is 0.374 e. The van der Waals surface area contributed by atoms with Crippen molar-refractivity contribution in [3.63, 3.8) is 0 Å². The molecule has 0 saturated heterocycles. The Morgan fingerprint density at radius 2 is 1.77 bits per heavy atom. The van der Waals surface area contributed by atoms with Gasteiger partial charge in [0, 0.05) is 22.0 Å². The number of nitrogens with two attached hydrogens (primary N) is 1. The molecule has 0 fully saturated rings. The Labute approximate surface area is 133 Å². The highest BCUT2D eigenvalue weighted by molar-refractivity contribution is 6.30. The predicted octanol–water partition coefficient (Wildman–Crippen LogP) is 2.88. The lowest BCUT2D eigenvalue weighted by atomic mass is 10.2. The number of hydrogen-bond donors (Lipinski definition) is 3. The van der Waals surface area contributed by atoms with E-state index in [2.05, 4.69) is 10.6 Å². The average Bonchev–Trinajstić information content (AvgIpc) is 2.47. The van der Waals surface area contributed by atoms with Gasteiger partial charge in [0.25, 0.3) is 0 Å². The Kier molecular flexibility index (Phi) is 5.01. The van der Waals surface area contributed by atoms with Gasteiger partial charge in [0.1, 0.15) is 6.04 Å². The van der Waals surface area contributed by atoms with E-state index in [4.69, 9.17) is 17.3 Å². The van der Waals surface area contributed by atoms with Crippen molar-refractivity contribution >= 4 is 34.8 Å². The predicted molar refractivity (Wildman–Crippen MR) is 88.1 cm³/mol. The van der Waals surface area contributed by atoms with Crippen LogP contribution in [-0.2, 0) is 4.79 Å². The Morgan fingerprint density at radius 1 is 1.09 bits per heavy atom. The monoisotopic (exact) mass is 317 g/mol. The normalized spacial score (nSPS) is 11.5. The Bertz CT molecular complexity index is 686. The first-order valence-corrected chi connectivity index (χ1v) is 7.06. The Hall–Kier alpha value is -2.53. The van der Waals surface area contributed by atoms with Gasteiger partial charge in [-0.3, -0.25) is 9.59 Å². The van der Waals surface area contributed by atoms with E-state index in [0.717, 1.165) is 5.69 Å². The van der Waals surface area contributed by atoms with E-state index in [1.807, 2.05) is 0 Å². The van der Waals surface area contributed by atoms with Crippen molar-refractivity contribution in [3.8, 4) is 0 Å². The number of hydrogen-bond acceptors (Lipinski definition) is 3. The maximum atomic E-state index is 12.1. The first-order valence-electron chi connectivity index (χ1n) is 6.68. The molecule has 0 aliphatic rings. The average molecular weight is 318 g/mol. The second kappa shape index (κ2) is 6.95. The molecule has 0 spiro atoms. The standard InChI is InChI=1S/C16H16ClN3O2/c1-10(16(22)20-14-4-2-3-12(17)9-14)19-13-7-5-11(6-8-13)15(18)21/h2-10,19H,1H3,(H2,18,21)(H,20,22). The Morgan fingerprint density at radius 3 is 2.36 bits per heavy atom. The summed E-state index contributed by atoms with van der Waals surface area (Å²) < 4.78 is 0. The highest BCUT2D eigenvalue weighted by Gasteiger charge is 2.13. The van der Waals surface area contributed by atoms with Crippen LogP contribution in [0, 0.1) is 0 Å². The molecule has 0 radical (unpaired) electrons. The summed E-state index contributed by atoms with van der Waals surface area (Å²) in [6.07, 6.45) is 0. The fourth-order valence-corrected chi connectivity index (χ4v) is 2.05. The molecule has 2 amide bonds. The number of nitrogens with one attached hydrogen (secondary N) is 2. The Balaban J connectivity index is 1.97. The second-order valence-electron chi connectivity index (χ2n) is 4.81. The zero-order valence-corrected chi connectivity index (χ0v) is 12.7. The number of primary amides is 1. The van der Waals surface area contributed by atoms with Gasteiger partial charge in [-0.15, -0.1) is 0 Å². The number of carbonyl (C=O) groups is 2. The summed E-state index contributed by atoms with van der Waals surface area (Å²) in [6, 6.07) is 13.1. The van der Waals surface area contributed by atoms with E-state index in [9.17, 15) is 9.59 Å². The molecule has 1 atom stereocenters. The van der Waals surface area contributed by atoms with Crippen LogP contribution in [0.3, 0.4) is 0 Å². The van der Waals surface area contributed by atoms with Crippen molar-refractivity contribution in [2.45, 2.75) is 13.0 Å². The SMILES string of the molecule is CC(Nc1ccc(C(N)=O)cc1)C(=O)Nc1cccc(Cl)c1. The lowest BCUT2D eigenvalue weighted by Crippen LogP contribution is -2.31. The molecule has 0 bridgehead atoms. The number of carbonyl (C=O) groups excluding carboxylic acids is 2. The van der Waals surface area contributed by atoms with Gasteiger partial charge in [-0.1, -0.05) is 17.7 Å². The van der Waals surface area contributed by atoms with Crippen molar-refractivity contribution in [2.75, 3.05) is 10.6 Å². The van der Waals surface area contributed by atoms with E-state index >= 15 is 0 Å². The van der Waals surface area contributed by atoms with E-state index < -0.39 is 11.9 Å². The van der Waals surface area contributed by atoms with Crippen LogP contribution in [-0.4, -0.2) is 17.9 Å². The third kappa shape index (κ3) is 4.23. The third-order valence-electron chi connectivity index (χ3n) is 3.04. The zero-order valence-electron chi connectivity index (χ0n) is 12.0. The molecule has 0 aliphatic heterocycles. The van der Waals surface area contributed by atoms with Crippen molar-refractivity contribution in [1.29, 1.82) is 0 Å². The highest BCUT2D eigenvalue weighted by atomic mass is 35.5. The topological polar surface area (TPSA) is 84.2 Å². The number of rotatable bonds is 5. The molecule has 114 valence electrons. The zero-order chi connectivity index (χ0) is 16.1. The molecule has 2 aromatic rings. The van der Waals surface area contributed by atoms with E-state index in [1.165, 1.54) is 0 Å². The lowest BCUT2D eigenvalue weighted by Gasteiger charge is -2.15.